The SMILES string of the molecule is COc1cnc(C(N)c2sccc2Cl)c(OC)n1. The number of thiophene rings is 1. The van der Waals surface area contributed by atoms with E-state index in [4.69, 9.17) is 26.8 Å². The Morgan fingerprint density at radius 3 is 2.72 bits per heavy atom. The van der Waals surface area contributed by atoms with Crippen molar-refractivity contribution in [1.82, 2.24) is 9.97 Å². The Kier molecular flexibility index (Phi) is 4.00. The Bertz CT molecular complexity index is 547. The van der Waals surface area contributed by atoms with Crippen LogP contribution in [0.5, 0.6) is 11.8 Å². The molecule has 0 amide bonds. The molecule has 0 radical (unpaired) electrons. The summed E-state index contributed by atoms with van der Waals surface area (Å²) in [6.45, 7) is 0. The van der Waals surface area contributed by atoms with E-state index >= 15 is 0 Å². The molecule has 0 saturated heterocycles. The third-order valence-corrected chi connectivity index (χ3v) is 3.81. The first kappa shape index (κ1) is 13.1. The maximum Gasteiger partial charge on any atom is 0.240 e. The fraction of sp³-hybridized carbons (Fsp3) is 0.273. The second kappa shape index (κ2) is 5.51. The summed E-state index contributed by atoms with van der Waals surface area (Å²) >= 11 is 7.53. The second-order valence-corrected chi connectivity index (χ2v) is 4.77. The van der Waals surface area contributed by atoms with Crippen LogP contribution in [-0.2, 0) is 0 Å². The van der Waals surface area contributed by atoms with Gasteiger partial charge in [0.05, 0.1) is 31.5 Å². The lowest BCUT2D eigenvalue weighted by atomic mass is 10.2. The Balaban J connectivity index is 2.41. The summed E-state index contributed by atoms with van der Waals surface area (Å²) in [6.07, 6.45) is 1.50. The van der Waals surface area contributed by atoms with E-state index in [9.17, 15) is 0 Å². The molecule has 96 valence electrons. The molecule has 0 fully saturated rings. The highest BCUT2D eigenvalue weighted by atomic mass is 35.5. The van der Waals surface area contributed by atoms with Gasteiger partial charge >= 0.3 is 0 Å². The summed E-state index contributed by atoms with van der Waals surface area (Å²) in [5.74, 6) is 0.714. The highest BCUT2D eigenvalue weighted by Crippen LogP contribution is 2.33. The Hall–Kier alpha value is -1.37. The molecule has 0 spiro atoms. The van der Waals surface area contributed by atoms with Crippen LogP contribution in [0.15, 0.2) is 17.6 Å². The molecular formula is C11H12ClN3O2S. The van der Waals surface area contributed by atoms with Gasteiger partial charge in [0.15, 0.2) is 0 Å². The number of methoxy groups -OCH3 is 2. The second-order valence-electron chi connectivity index (χ2n) is 3.42. The first-order valence-electron chi connectivity index (χ1n) is 5.10. The summed E-state index contributed by atoms with van der Waals surface area (Å²) in [6, 6.07) is 1.33. The lowest BCUT2D eigenvalue weighted by Gasteiger charge is -2.13. The van der Waals surface area contributed by atoms with E-state index in [-0.39, 0.29) is 0 Å². The van der Waals surface area contributed by atoms with Crippen LogP contribution in [-0.4, -0.2) is 24.2 Å². The molecular weight excluding hydrogens is 274 g/mol. The summed E-state index contributed by atoms with van der Waals surface area (Å²) < 4.78 is 10.2. The van der Waals surface area contributed by atoms with Crippen LogP contribution in [0.4, 0.5) is 0 Å². The number of hydrogen-bond acceptors (Lipinski definition) is 6. The molecule has 2 heterocycles. The van der Waals surface area contributed by atoms with E-state index in [1.165, 1.54) is 31.8 Å². The number of hydrogen-bond donors (Lipinski definition) is 1. The van der Waals surface area contributed by atoms with Gasteiger partial charge in [0, 0.05) is 4.88 Å². The van der Waals surface area contributed by atoms with Crippen LogP contribution in [0, 0.1) is 0 Å². The zero-order chi connectivity index (χ0) is 13.1. The van der Waals surface area contributed by atoms with Gasteiger partial charge in [-0.2, -0.15) is 4.98 Å². The van der Waals surface area contributed by atoms with Gasteiger partial charge in [0.1, 0.15) is 5.69 Å². The third kappa shape index (κ3) is 2.40. The van der Waals surface area contributed by atoms with Crippen molar-refractivity contribution in [2.75, 3.05) is 14.2 Å². The van der Waals surface area contributed by atoms with Gasteiger partial charge in [-0.3, -0.25) is 0 Å². The van der Waals surface area contributed by atoms with Crippen molar-refractivity contribution in [2.24, 2.45) is 5.73 Å². The van der Waals surface area contributed by atoms with E-state index in [0.717, 1.165) is 4.88 Å². The number of halogens is 1. The van der Waals surface area contributed by atoms with Crippen molar-refractivity contribution in [2.45, 2.75) is 6.04 Å². The molecule has 7 heteroatoms. The third-order valence-electron chi connectivity index (χ3n) is 2.37. The minimum absolute atomic E-state index is 0.339. The molecule has 2 N–H and O–H groups in total. The highest BCUT2D eigenvalue weighted by Gasteiger charge is 2.21. The van der Waals surface area contributed by atoms with Crippen molar-refractivity contribution < 1.29 is 9.47 Å². The maximum atomic E-state index is 6.13. The molecule has 0 aliphatic carbocycles. The predicted molar refractivity (Wildman–Crippen MR) is 70.5 cm³/mol. The quantitative estimate of drug-likeness (QED) is 0.933. The van der Waals surface area contributed by atoms with Gasteiger partial charge in [-0.1, -0.05) is 11.6 Å². The van der Waals surface area contributed by atoms with Gasteiger partial charge in [0.25, 0.3) is 0 Å². The summed E-state index contributed by atoms with van der Waals surface area (Å²) in [7, 11) is 3.02. The van der Waals surface area contributed by atoms with E-state index in [2.05, 4.69) is 9.97 Å². The minimum atomic E-state index is -0.467. The largest absolute Gasteiger partial charge is 0.480 e. The van der Waals surface area contributed by atoms with Crippen LogP contribution in [0.2, 0.25) is 5.02 Å². The molecule has 0 aliphatic heterocycles. The summed E-state index contributed by atoms with van der Waals surface area (Å²) in [5, 5.41) is 2.49. The molecule has 0 aromatic carbocycles. The highest BCUT2D eigenvalue weighted by molar-refractivity contribution is 7.10. The standard InChI is InChI=1S/C11H12ClN3O2S/c1-16-7-5-14-9(11(15-7)17-2)8(13)10-6(12)3-4-18-10/h3-5,8H,13H2,1-2H3. The van der Waals surface area contributed by atoms with Gasteiger partial charge in [-0.15, -0.1) is 11.3 Å². The molecule has 0 saturated carbocycles. The molecule has 2 rings (SSSR count). The lowest BCUT2D eigenvalue weighted by Crippen LogP contribution is -2.15. The van der Waals surface area contributed by atoms with Crippen molar-refractivity contribution in [3.63, 3.8) is 0 Å². The summed E-state index contributed by atoms with van der Waals surface area (Å²) in [4.78, 5) is 9.20. The van der Waals surface area contributed by atoms with Gasteiger partial charge in [-0.25, -0.2) is 4.98 Å². The number of nitrogens with zero attached hydrogens (tertiary/aromatic N) is 2. The molecule has 2 aromatic rings. The van der Waals surface area contributed by atoms with E-state index in [1.54, 1.807) is 6.07 Å². The smallest absolute Gasteiger partial charge is 0.240 e. The van der Waals surface area contributed by atoms with E-state index in [0.29, 0.717) is 22.5 Å². The monoisotopic (exact) mass is 285 g/mol. The Morgan fingerprint density at radius 1 is 1.39 bits per heavy atom. The first-order valence-corrected chi connectivity index (χ1v) is 6.36. The molecule has 1 unspecified atom stereocenters. The van der Waals surface area contributed by atoms with E-state index < -0.39 is 6.04 Å². The number of rotatable bonds is 4. The molecule has 5 nitrogen and oxygen atoms in total. The minimum Gasteiger partial charge on any atom is -0.480 e. The van der Waals surface area contributed by atoms with Crippen LogP contribution < -0.4 is 15.2 Å². The average Bonchev–Trinajstić information content (AvgIpc) is 2.83. The van der Waals surface area contributed by atoms with Crippen molar-refractivity contribution in [3.05, 3.63) is 33.2 Å². The number of aromatic nitrogens is 2. The van der Waals surface area contributed by atoms with E-state index in [1.807, 2.05) is 5.38 Å². The zero-order valence-electron chi connectivity index (χ0n) is 9.88. The number of nitrogens with two attached hydrogens (primary N) is 1. The average molecular weight is 286 g/mol. The van der Waals surface area contributed by atoms with Crippen LogP contribution in [0.25, 0.3) is 0 Å². The van der Waals surface area contributed by atoms with Gasteiger partial charge in [-0.05, 0) is 11.4 Å². The van der Waals surface area contributed by atoms with Gasteiger partial charge < -0.3 is 15.2 Å². The maximum absolute atomic E-state index is 6.13. The summed E-state index contributed by atoms with van der Waals surface area (Å²) in [5.41, 5.74) is 6.66. The fourth-order valence-electron chi connectivity index (χ4n) is 1.48. The van der Waals surface area contributed by atoms with Crippen LogP contribution in [0.1, 0.15) is 16.6 Å². The van der Waals surface area contributed by atoms with Gasteiger partial charge in [0.2, 0.25) is 11.8 Å². The van der Waals surface area contributed by atoms with Crippen molar-refractivity contribution in [1.29, 1.82) is 0 Å². The molecule has 2 aromatic heterocycles. The first-order chi connectivity index (χ1) is 8.67. The fourth-order valence-corrected chi connectivity index (χ4v) is 2.66. The van der Waals surface area contributed by atoms with Crippen molar-refractivity contribution in [3.8, 4) is 11.8 Å². The molecule has 1 atom stereocenters. The molecule has 18 heavy (non-hydrogen) atoms. The lowest BCUT2D eigenvalue weighted by molar-refractivity contribution is 0.355. The predicted octanol–water partition coefficient (Wildman–Crippen LogP) is 2.26. The van der Waals surface area contributed by atoms with Crippen LogP contribution in [0.3, 0.4) is 0 Å². The Labute approximate surface area is 114 Å². The van der Waals surface area contributed by atoms with Crippen LogP contribution >= 0.6 is 22.9 Å². The normalized spacial score (nSPS) is 12.2. The Morgan fingerprint density at radius 2 is 2.17 bits per heavy atom. The zero-order valence-corrected chi connectivity index (χ0v) is 11.5. The molecule has 0 bridgehead atoms. The van der Waals surface area contributed by atoms with Crippen molar-refractivity contribution >= 4 is 22.9 Å². The molecule has 0 aliphatic rings. The number of ether oxygens (including phenoxy) is 2. The topological polar surface area (TPSA) is 70.3 Å².